The highest BCUT2D eigenvalue weighted by atomic mass is 16.5. The smallest absolute Gasteiger partial charge is 0.342 e. The lowest BCUT2D eigenvalue weighted by Gasteiger charge is -2.11. The molecule has 4 rings (SSSR count). The largest absolute Gasteiger partial charge is 0.483 e. The Hall–Kier alpha value is -4.14. The molecule has 0 atom stereocenters. The molecule has 32 heavy (non-hydrogen) atoms. The van der Waals surface area contributed by atoms with Gasteiger partial charge in [-0.3, -0.25) is 9.59 Å². The SMILES string of the molecule is NC(=O)COc1ccccc1C(=O)OCC(=O)Nc1cc(C2CC2)nn1-c1ccccc1. The number of amides is 2. The molecule has 3 N–H and O–H groups in total. The van der Waals surface area contributed by atoms with Crippen LogP contribution in [0.15, 0.2) is 60.7 Å². The van der Waals surface area contributed by atoms with E-state index in [4.69, 9.17) is 15.2 Å². The van der Waals surface area contributed by atoms with Crippen molar-refractivity contribution in [3.63, 3.8) is 0 Å². The highest BCUT2D eigenvalue weighted by molar-refractivity contribution is 5.96. The maximum atomic E-state index is 12.5. The van der Waals surface area contributed by atoms with Gasteiger partial charge in [-0.2, -0.15) is 5.10 Å². The van der Waals surface area contributed by atoms with Gasteiger partial charge in [-0.25, -0.2) is 9.48 Å². The second-order valence-electron chi connectivity index (χ2n) is 7.35. The van der Waals surface area contributed by atoms with Gasteiger partial charge >= 0.3 is 5.97 Å². The minimum absolute atomic E-state index is 0.0897. The van der Waals surface area contributed by atoms with E-state index >= 15 is 0 Å². The summed E-state index contributed by atoms with van der Waals surface area (Å²) in [6, 6.07) is 17.5. The number of aromatic nitrogens is 2. The lowest BCUT2D eigenvalue weighted by molar-refractivity contribution is -0.120. The van der Waals surface area contributed by atoms with Gasteiger partial charge in [0, 0.05) is 12.0 Å². The Morgan fingerprint density at radius 2 is 1.75 bits per heavy atom. The summed E-state index contributed by atoms with van der Waals surface area (Å²) in [6.07, 6.45) is 2.15. The molecule has 0 radical (unpaired) electrons. The van der Waals surface area contributed by atoms with Gasteiger partial charge in [0.1, 0.15) is 17.1 Å². The number of nitrogens with two attached hydrogens (primary N) is 1. The molecule has 0 bridgehead atoms. The molecule has 2 aromatic carbocycles. The van der Waals surface area contributed by atoms with Crippen molar-refractivity contribution in [2.75, 3.05) is 18.5 Å². The van der Waals surface area contributed by atoms with Gasteiger partial charge in [-0.1, -0.05) is 30.3 Å². The molecule has 1 fully saturated rings. The van der Waals surface area contributed by atoms with E-state index in [0.29, 0.717) is 11.7 Å². The number of nitrogens with zero attached hydrogens (tertiary/aromatic N) is 2. The molecule has 1 aromatic heterocycles. The van der Waals surface area contributed by atoms with Crippen LogP contribution in [0.2, 0.25) is 0 Å². The van der Waals surface area contributed by atoms with E-state index in [1.54, 1.807) is 16.8 Å². The van der Waals surface area contributed by atoms with Crippen LogP contribution < -0.4 is 15.8 Å². The number of rotatable bonds is 9. The van der Waals surface area contributed by atoms with Crippen LogP contribution in [0.5, 0.6) is 5.75 Å². The number of hydrogen-bond donors (Lipinski definition) is 2. The second kappa shape index (κ2) is 9.34. The second-order valence-corrected chi connectivity index (χ2v) is 7.35. The minimum atomic E-state index is -0.754. The number of ether oxygens (including phenoxy) is 2. The predicted octanol–water partition coefficient (Wildman–Crippen LogP) is 2.41. The third kappa shape index (κ3) is 5.12. The van der Waals surface area contributed by atoms with E-state index in [9.17, 15) is 14.4 Å². The number of esters is 1. The van der Waals surface area contributed by atoms with Crippen LogP contribution in [-0.4, -0.2) is 40.8 Å². The lowest BCUT2D eigenvalue weighted by Crippen LogP contribution is -2.23. The first kappa shape index (κ1) is 21.1. The molecule has 0 saturated heterocycles. The minimum Gasteiger partial charge on any atom is -0.483 e. The van der Waals surface area contributed by atoms with Crippen molar-refractivity contribution in [3.8, 4) is 11.4 Å². The standard InChI is InChI=1S/C23H22N4O5/c24-20(28)13-31-19-9-5-4-8-17(19)23(30)32-14-22(29)25-21-12-18(15-10-11-15)26-27(21)16-6-2-1-3-7-16/h1-9,12,15H,10-11,13-14H2,(H2,24,28)(H,25,29). The van der Waals surface area contributed by atoms with Crippen LogP contribution in [0.4, 0.5) is 5.82 Å². The van der Waals surface area contributed by atoms with Crippen molar-refractivity contribution < 1.29 is 23.9 Å². The highest BCUT2D eigenvalue weighted by Gasteiger charge is 2.28. The molecule has 1 heterocycles. The average molecular weight is 434 g/mol. The van der Waals surface area contributed by atoms with Crippen LogP contribution >= 0.6 is 0 Å². The molecule has 2 amide bonds. The van der Waals surface area contributed by atoms with E-state index < -0.39 is 24.4 Å². The molecule has 164 valence electrons. The summed E-state index contributed by atoms with van der Waals surface area (Å²) < 4.78 is 12.0. The summed E-state index contributed by atoms with van der Waals surface area (Å²) in [6.45, 7) is -0.876. The van der Waals surface area contributed by atoms with E-state index in [0.717, 1.165) is 24.2 Å². The number of carbonyl (C=O) groups excluding carboxylic acids is 3. The van der Waals surface area contributed by atoms with Gasteiger partial charge in [-0.15, -0.1) is 0 Å². The van der Waals surface area contributed by atoms with E-state index in [1.807, 2.05) is 36.4 Å². The monoisotopic (exact) mass is 434 g/mol. The zero-order valence-electron chi connectivity index (χ0n) is 17.2. The highest BCUT2D eigenvalue weighted by Crippen LogP contribution is 2.40. The van der Waals surface area contributed by atoms with E-state index in [-0.39, 0.29) is 17.9 Å². The third-order valence-electron chi connectivity index (χ3n) is 4.80. The number of benzene rings is 2. The number of anilines is 1. The van der Waals surface area contributed by atoms with Crippen LogP contribution in [0.3, 0.4) is 0 Å². The predicted molar refractivity (Wildman–Crippen MR) is 116 cm³/mol. The quantitative estimate of drug-likeness (QED) is 0.498. The van der Waals surface area contributed by atoms with E-state index in [1.165, 1.54) is 12.1 Å². The first-order valence-electron chi connectivity index (χ1n) is 10.1. The summed E-state index contributed by atoms with van der Waals surface area (Å²) in [5.74, 6) is -0.875. The van der Waals surface area contributed by atoms with Crippen LogP contribution in [0.25, 0.3) is 5.69 Å². The number of primary amides is 1. The zero-order chi connectivity index (χ0) is 22.5. The molecule has 1 aliphatic carbocycles. The zero-order valence-corrected chi connectivity index (χ0v) is 17.2. The number of para-hydroxylation sites is 2. The van der Waals surface area contributed by atoms with Gasteiger partial charge in [-0.05, 0) is 37.1 Å². The van der Waals surface area contributed by atoms with Crippen molar-refractivity contribution in [3.05, 3.63) is 71.9 Å². The Morgan fingerprint density at radius 1 is 1.03 bits per heavy atom. The number of carbonyl (C=O) groups is 3. The molecule has 0 unspecified atom stereocenters. The van der Waals surface area contributed by atoms with Gasteiger partial charge < -0.3 is 20.5 Å². The van der Waals surface area contributed by atoms with Crippen LogP contribution in [0, 0.1) is 0 Å². The Bertz CT molecular complexity index is 1140. The Labute approximate surface area is 184 Å². The van der Waals surface area contributed by atoms with Gasteiger partial charge in [0.15, 0.2) is 13.2 Å². The molecule has 3 aromatic rings. The van der Waals surface area contributed by atoms with E-state index in [2.05, 4.69) is 10.4 Å². The summed E-state index contributed by atoms with van der Waals surface area (Å²) in [7, 11) is 0. The number of hydrogen-bond acceptors (Lipinski definition) is 6. The lowest BCUT2D eigenvalue weighted by atomic mass is 10.2. The van der Waals surface area contributed by atoms with Crippen molar-refractivity contribution >= 4 is 23.6 Å². The van der Waals surface area contributed by atoms with Crippen LogP contribution in [0.1, 0.15) is 34.8 Å². The molecule has 9 heteroatoms. The Morgan fingerprint density at radius 3 is 2.47 bits per heavy atom. The van der Waals surface area contributed by atoms with Gasteiger partial charge in [0.05, 0.1) is 11.4 Å². The first-order chi connectivity index (χ1) is 15.5. The van der Waals surface area contributed by atoms with Crippen molar-refractivity contribution in [2.24, 2.45) is 5.73 Å². The van der Waals surface area contributed by atoms with Crippen molar-refractivity contribution in [2.45, 2.75) is 18.8 Å². The fraction of sp³-hybridized carbons (Fsp3) is 0.217. The normalized spacial score (nSPS) is 12.8. The van der Waals surface area contributed by atoms with Gasteiger partial charge in [0.2, 0.25) is 0 Å². The summed E-state index contributed by atoms with van der Waals surface area (Å²) in [5, 5.41) is 7.39. The number of nitrogens with one attached hydrogen (secondary N) is 1. The summed E-state index contributed by atoms with van der Waals surface area (Å²) in [4.78, 5) is 35.9. The summed E-state index contributed by atoms with van der Waals surface area (Å²) >= 11 is 0. The topological polar surface area (TPSA) is 126 Å². The van der Waals surface area contributed by atoms with Crippen LogP contribution in [-0.2, 0) is 14.3 Å². The molecule has 0 spiro atoms. The molecule has 1 aliphatic rings. The fourth-order valence-electron chi connectivity index (χ4n) is 3.13. The molecular formula is C23H22N4O5. The molecular weight excluding hydrogens is 412 g/mol. The van der Waals surface area contributed by atoms with Crippen molar-refractivity contribution in [1.82, 2.24) is 9.78 Å². The Balaban J connectivity index is 1.42. The van der Waals surface area contributed by atoms with Crippen molar-refractivity contribution in [1.29, 1.82) is 0 Å². The first-order valence-corrected chi connectivity index (χ1v) is 10.1. The maximum Gasteiger partial charge on any atom is 0.342 e. The Kier molecular flexibility index (Phi) is 6.16. The summed E-state index contributed by atoms with van der Waals surface area (Å²) in [5.41, 5.74) is 6.90. The average Bonchev–Trinajstić information content (AvgIpc) is 3.57. The molecule has 1 saturated carbocycles. The third-order valence-corrected chi connectivity index (χ3v) is 4.80. The molecule has 9 nitrogen and oxygen atoms in total. The van der Waals surface area contributed by atoms with Gasteiger partial charge in [0.25, 0.3) is 11.8 Å². The fourth-order valence-corrected chi connectivity index (χ4v) is 3.13. The maximum absolute atomic E-state index is 12.5. The molecule has 0 aliphatic heterocycles.